The van der Waals surface area contributed by atoms with Crippen LogP contribution >= 0.6 is 34.8 Å². The van der Waals surface area contributed by atoms with Gasteiger partial charge >= 0.3 is 0 Å². The zero-order valence-electron chi connectivity index (χ0n) is 13.8. The molecular weight excluding hydrogens is 389 g/mol. The Bertz CT molecular complexity index is 793. The second-order valence-corrected chi connectivity index (χ2v) is 7.38. The molecule has 3 rings (SSSR count). The first-order valence-corrected chi connectivity index (χ1v) is 9.11. The van der Waals surface area contributed by atoms with Crippen LogP contribution in [0.5, 0.6) is 0 Å². The average Bonchev–Trinajstić information content (AvgIpc) is 2.62. The van der Waals surface area contributed by atoms with Crippen molar-refractivity contribution in [3.63, 3.8) is 0 Å². The summed E-state index contributed by atoms with van der Waals surface area (Å²) >= 11 is 18.2. The van der Waals surface area contributed by atoms with Gasteiger partial charge in [0.15, 0.2) is 0 Å². The molecule has 0 fully saturated rings. The highest BCUT2D eigenvalue weighted by atomic mass is 35.5. The third-order valence-electron chi connectivity index (χ3n) is 4.45. The normalized spacial score (nSPS) is 11.3. The number of benzene rings is 3. The van der Waals surface area contributed by atoms with Crippen LogP contribution in [0, 0.1) is 0 Å². The molecule has 2 nitrogen and oxygen atoms in total. The number of halogens is 3. The Hall–Kier alpha value is -2.00. The van der Waals surface area contributed by atoms with Gasteiger partial charge in [0, 0.05) is 21.5 Å². The monoisotopic (exact) mass is 403 g/mol. The lowest BCUT2D eigenvalue weighted by atomic mass is 9.67. The summed E-state index contributed by atoms with van der Waals surface area (Å²) in [4.78, 5) is 12.1. The second-order valence-electron chi connectivity index (χ2n) is 6.07. The van der Waals surface area contributed by atoms with Gasteiger partial charge in [0.1, 0.15) is 0 Å². The maximum Gasteiger partial charge on any atom is 0.218 e. The number of hydrogen-bond acceptors (Lipinski definition) is 1. The first-order chi connectivity index (χ1) is 12.4. The van der Waals surface area contributed by atoms with Gasteiger partial charge in [0.25, 0.3) is 0 Å². The van der Waals surface area contributed by atoms with Crippen molar-refractivity contribution in [3.8, 4) is 0 Å². The summed E-state index contributed by atoms with van der Waals surface area (Å²) < 4.78 is 0. The molecule has 3 aromatic rings. The van der Waals surface area contributed by atoms with E-state index in [2.05, 4.69) is 0 Å². The Morgan fingerprint density at radius 1 is 0.654 bits per heavy atom. The van der Waals surface area contributed by atoms with Crippen LogP contribution in [0.3, 0.4) is 0 Å². The quantitative estimate of drug-likeness (QED) is 0.532. The number of rotatable bonds is 5. The van der Waals surface area contributed by atoms with E-state index in [-0.39, 0.29) is 6.42 Å². The van der Waals surface area contributed by atoms with E-state index < -0.39 is 11.3 Å². The molecule has 0 saturated heterocycles. The molecule has 0 bridgehead atoms. The molecule has 5 heteroatoms. The lowest BCUT2D eigenvalue weighted by Gasteiger charge is -2.35. The van der Waals surface area contributed by atoms with Crippen molar-refractivity contribution >= 4 is 40.7 Å². The third-order valence-corrected chi connectivity index (χ3v) is 5.21. The molecule has 26 heavy (non-hydrogen) atoms. The minimum absolute atomic E-state index is 0.0951. The van der Waals surface area contributed by atoms with Crippen LogP contribution in [0.2, 0.25) is 15.1 Å². The third kappa shape index (κ3) is 3.73. The molecule has 0 unspecified atom stereocenters. The maximum atomic E-state index is 12.1. The topological polar surface area (TPSA) is 43.1 Å². The van der Waals surface area contributed by atoms with Gasteiger partial charge in [0.05, 0.1) is 5.41 Å². The van der Waals surface area contributed by atoms with E-state index in [1.165, 1.54) is 0 Å². The highest BCUT2D eigenvalue weighted by Crippen LogP contribution is 2.43. The van der Waals surface area contributed by atoms with E-state index in [0.29, 0.717) is 15.1 Å². The standard InChI is InChI=1S/C21H16Cl3NO/c22-17-7-1-14(2-8-17)21(13-20(25)26,15-3-9-18(23)10-4-15)16-5-11-19(24)12-6-16/h1-12H,13H2,(H2,25,26). The molecule has 0 aromatic heterocycles. The highest BCUT2D eigenvalue weighted by molar-refractivity contribution is 6.31. The van der Waals surface area contributed by atoms with E-state index >= 15 is 0 Å². The minimum atomic E-state index is -0.772. The van der Waals surface area contributed by atoms with Gasteiger partial charge in [-0.05, 0) is 53.1 Å². The predicted molar refractivity (Wildman–Crippen MR) is 108 cm³/mol. The SMILES string of the molecule is NC(=O)CC(c1ccc(Cl)cc1)(c1ccc(Cl)cc1)c1ccc(Cl)cc1. The van der Waals surface area contributed by atoms with Crippen LogP contribution in [0.25, 0.3) is 0 Å². The summed E-state index contributed by atoms with van der Waals surface area (Å²) in [6.07, 6.45) is 0.0951. The van der Waals surface area contributed by atoms with Crippen molar-refractivity contribution in [1.82, 2.24) is 0 Å². The van der Waals surface area contributed by atoms with Gasteiger partial charge in [-0.2, -0.15) is 0 Å². The molecule has 0 radical (unpaired) electrons. The maximum absolute atomic E-state index is 12.1. The molecule has 0 heterocycles. The van der Waals surface area contributed by atoms with Crippen molar-refractivity contribution in [2.24, 2.45) is 5.73 Å². The number of hydrogen-bond donors (Lipinski definition) is 1. The van der Waals surface area contributed by atoms with Crippen LogP contribution in [-0.2, 0) is 10.2 Å². The van der Waals surface area contributed by atoms with Crippen molar-refractivity contribution in [3.05, 3.63) is 105 Å². The molecule has 3 aromatic carbocycles. The predicted octanol–water partition coefficient (Wildman–Crippen LogP) is 5.86. The fraction of sp³-hybridized carbons (Fsp3) is 0.0952. The van der Waals surface area contributed by atoms with Gasteiger partial charge in [-0.1, -0.05) is 71.2 Å². The first-order valence-electron chi connectivity index (χ1n) is 7.98. The van der Waals surface area contributed by atoms with E-state index in [1.807, 2.05) is 36.4 Å². The zero-order chi connectivity index (χ0) is 18.7. The molecular formula is C21H16Cl3NO. The molecule has 0 aliphatic heterocycles. The number of nitrogens with two attached hydrogens (primary N) is 1. The average molecular weight is 405 g/mol. The van der Waals surface area contributed by atoms with Gasteiger partial charge < -0.3 is 5.73 Å². The van der Waals surface area contributed by atoms with E-state index in [9.17, 15) is 4.79 Å². The summed E-state index contributed by atoms with van der Waals surface area (Å²) in [7, 11) is 0. The minimum Gasteiger partial charge on any atom is -0.370 e. The van der Waals surface area contributed by atoms with Gasteiger partial charge in [-0.15, -0.1) is 0 Å². The first kappa shape index (κ1) is 18.8. The summed E-state index contributed by atoms with van der Waals surface area (Å²) in [6, 6.07) is 22.3. The van der Waals surface area contributed by atoms with Crippen LogP contribution in [0.4, 0.5) is 0 Å². The molecule has 132 valence electrons. The van der Waals surface area contributed by atoms with Gasteiger partial charge in [-0.25, -0.2) is 0 Å². The summed E-state index contributed by atoms with van der Waals surface area (Å²) in [5, 5.41) is 1.86. The van der Waals surface area contributed by atoms with Crippen LogP contribution in [-0.4, -0.2) is 5.91 Å². The van der Waals surface area contributed by atoms with Crippen LogP contribution in [0.15, 0.2) is 72.8 Å². The largest absolute Gasteiger partial charge is 0.370 e. The van der Waals surface area contributed by atoms with Crippen LogP contribution < -0.4 is 5.73 Å². The lowest BCUT2D eigenvalue weighted by molar-refractivity contribution is -0.118. The lowest BCUT2D eigenvalue weighted by Crippen LogP contribution is -2.34. The summed E-state index contributed by atoms with van der Waals surface area (Å²) in [5.41, 5.74) is 7.61. The Kier molecular flexibility index (Phi) is 5.57. The van der Waals surface area contributed by atoms with Crippen molar-refractivity contribution in [2.75, 3.05) is 0 Å². The van der Waals surface area contributed by atoms with Crippen LogP contribution in [0.1, 0.15) is 23.1 Å². The number of primary amides is 1. The van der Waals surface area contributed by atoms with Crippen molar-refractivity contribution < 1.29 is 4.79 Å². The van der Waals surface area contributed by atoms with E-state index in [4.69, 9.17) is 40.5 Å². The Morgan fingerprint density at radius 2 is 0.923 bits per heavy atom. The van der Waals surface area contributed by atoms with E-state index in [0.717, 1.165) is 16.7 Å². The second kappa shape index (κ2) is 7.71. The fourth-order valence-electron chi connectivity index (χ4n) is 3.27. The number of carbonyl (C=O) groups is 1. The Balaban J connectivity index is 2.33. The van der Waals surface area contributed by atoms with Gasteiger partial charge in [-0.3, -0.25) is 4.79 Å². The Labute approximate surface area is 167 Å². The molecule has 2 N–H and O–H groups in total. The molecule has 1 amide bonds. The molecule has 0 atom stereocenters. The van der Waals surface area contributed by atoms with Gasteiger partial charge in [0.2, 0.25) is 5.91 Å². The zero-order valence-corrected chi connectivity index (χ0v) is 16.0. The van der Waals surface area contributed by atoms with E-state index in [1.54, 1.807) is 36.4 Å². The molecule has 0 aliphatic rings. The smallest absolute Gasteiger partial charge is 0.218 e. The number of amides is 1. The fourth-order valence-corrected chi connectivity index (χ4v) is 3.65. The molecule has 0 saturated carbocycles. The van der Waals surface area contributed by atoms with Crippen molar-refractivity contribution in [1.29, 1.82) is 0 Å². The number of carbonyl (C=O) groups excluding carboxylic acids is 1. The highest BCUT2D eigenvalue weighted by Gasteiger charge is 2.38. The molecule has 0 spiro atoms. The summed E-state index contributed by atoms with van der Waals surface area (Å²) in [5.74, 6) is -0.412. The van der Waals surface area contributed by atoms with Crippen molar-refractivity contribution in [2.45, 2.75) is 11.8 Å². The summed E-state index contributed by atoms with van der Waals surface area (Å²) in [6.45, 7) is 0. The Morgan fingerprint density at radius 3 is 1.15 bits per heavy atom. The molecule has 0 aliphatic carbocycles.